The van der Waals surface area contributed by atoms with Crippen LogP contribution in [0.1, 0.15) is 19.3 Å². The maximum Gasteiger partial charge on any atom is 0.243 e. The van der Waals surface area contributed by atoms with Crippen molar-refractivity contribution in [2.75, 3.05) is 24.5 Å². The lowest BCUT2D eigenvalue weighted by Crippen LogP contribution is -2.50. The summed E-state index contributed by atoms with van der Waals surface area (Å²) in [4.78, 5) is 20.5. The van der Waals surface area contributed by atoms with Crippen molar-refractivity contribution in [3.8, 4) is 6.07 Å². The summed E-state index contributed by atoms with van der Waals surface area (Å²) in [6.07, 6.45) is 0.407. The third-order valence-electron chi connectivity index (χ3n) is 5.64. The molecule has 0 saturated carbocycles. The van der Waals surface area contributed by atoms with E-state index < -0.39 is 29.9 Å². The minimum absolute atomic E-state index is 0.175. The zero-order chi connectivity index (χ0) is 20.7. The molecule has 0 unspecified atom stereocenters. The van der Waals surface area contributed by atoms with Crippen LogP contribution in [-0.2, 0) is 11.3 Å². The van der Waals surface area contributed by atoms with Crippen LogP contribution in [0.2, 0.25) is 0 Å². The van der Waals surface area contributed by atoms with E-state index in [-0.39, 0.29) is 36.5 Å². The molecule has 2 aliphatic heterocycles. The monoisotopic (exact) mass is 406 g/mol. The number of nitriles is 1. The van der Waals surface area contributed by atoms with Crippen molar-refractivity contribution < 1.29 is 18.0 Å². The number of halogens is 3. The normalized spacial score (nSPS) is 24.9. The highest BCUT2D eigenvalue weighted by Crippen LogP contribution is 2.28. The van der Waals surface area contributed by atoms with Gasteiger partial charge in [-0.05, 0) is 19.3 Å². The Balaban J connectivity index is 1.73. The lowest BCUT2D eigenvalue weighted by atomic mass is 10.1. The van der Waals surface area contributed by atoms with Gasteiger partial charge in [-0.15, -0.1) is 0 Å². The zero-order valence-corrected chi connectivity index (χ0v) is 15.7. The Hall–Kier alpha value is -2.80. The third-order valence-corrected chi connectivity index (χ3v) is 5.64. The first kappa shape index (κ1) is 19.5. The van der Waals surface area contributed by atoms with Gasteiger partial charge in [0, 0.05) is 31.8 Å². The van der Waals surface area contributed by atoms with Crippen LogP contribution in [0.4, 0.5) is 19.1 Å². The Morgan fingerprint density at radius 1 is 1.28 bits per heavy atom. The molecule has 154 valence electrons. The van der Waals surface area contributed by atoms with Gasteiger partial charge in [0.05, 0.1) is 23.1 Å². The van der Waals surface area contributed by atoms with Crippen LogP contribution < -0.4 is 10.6 Å². The number of likely N-dealkylation sites (tertiary alicyclic amines) is 1. The van der Waals surface area contributed by atoms with Gasteiger partial charge in [-0.25, -0.2) is 18.2 Å². The van der Waals surface area contributed by atoms with Gasteiger partial charge in [0.25, 0.3) is 0 Å². The van der Waals surface area contributed by atoms with E-state index in [1.165, 1.54) is 9.47 Å². The lowest BCUT2D eigenvalue weighted by Gasteiger charge is -2.34. The minimum atomic E-state index is -1.14. The number of nitrogens with zero attached hydrogens (tertiary/aromatic N) is 5. The van der Waals surface area contributed by atoms with Gasteiger partial charge in [-0.2, -0.15) is 5.26 Å². The number of hydrogen-bond donors (Lipinski definition) is 1. The minimum Gasteiger partial charge on any atom is -0.340 e. The molecule has 1 aromatic heterocycles. The summed E-state index contributed by atoms with van der Waals surface area (Å²) in [7, 11) is 0. The molecule has 3 heterocycles. The van der Waals surface area contributed by atoms with E-state index >= 15 is 0 Å². The Morgan fingerprint density at radius 2 is 2.03 bits per heavy atom. The molecule has 4 rings (SSSR count). The number of alkyl halides is 1. The molecular weight excluding hydrogens is 385 g/mol. The number of rotatable bonds is 3. The van der Waals surface area contributed by atoms with Crippen LogP contribution in [0.15, 0.2) is 12.1 Å². The molecule has 2 N–H and O–H groups in total. The molecule has 0 bridgehead atoms. The number of piperidine rings is 1. The van der Waals surface area contributed by atoms with E-state index in [0.717, 1.165) is 18.6 Å². The zero-order valence-electron chi connectivity index (χ0n) is 15.7. The van der Waals surface area contributed by atoms with Crippen LogP contribution in [-0.4, -0.2) is 58.2 Å². The second-order valence-corrected chi connectivity index (χ2v) is 7.54. The van der Waals surface area contributed by atoms with Crippen molar-refractivity contribution in [1.82, 2.24) is 14.5 Å². The number of aromatic nitrogens is 2. The number of imidazole rings is 1. The summed E-state index contributed by atoms with van der Waals surface area (Å²) in [5, 5.41) is 9.25. The number of hydrogen-bond acceptors (Lipinski definition) is 5. The molecule has 1 aromatic carbocycles. The first-order chi connectivity index (χ1) is 13.9. The summed E-state index contributed by atoms with van der Waals surface area (Å²) < 4.78 is 42.9. The summed E-state index contributed by atoms with van der Waals surface area (Å²) in [5.74, 6) is -2.08. The average Bonchev–Trinajstić information content (AvgIpc) is 3.30. The van der Waals surface area contributed by atoms with Gasteiger partial charge in [0.15, 0.2) is 11.6 Å². The summed E-state index contributed by atoms with van der Waals surface area (Å²) in [6, 6.07) is 2.88. The molecule has 3 atom stereocenters. The lowest BCUT2D eigenvalue weighted by molar-refractivity contribution is -0.131. The molecule has 2 aromatic rings. The van der Waals surface area contributed by atoms with Gasteiger partial charge >= 0.3 is 0 Å². The summed E-state index contributed by atoms with van der Waals surface area (Å²) in [6.45, 7) is 0.788. The van der Waals surface area contributed by atoms with E-state index in [9.17, 15) is 23.2 Å². The topological polar surface area (TPSA) is 91.2 Å². The Morgan fingerprint density at radius 3 is 2.76 bits per heavy atom. The number of anilines is 1. The average molecular weight is 406 g/mol. The molecule has 10 heteroatoms. The molecule has 2 aliphatic rings. The fourth-order valence-electron chi connectivity index (χ4n) is 4.07. The molecule has 29 heavy (non-hydrogen) atoms. The molecule has 0 aliphatic carbocycles. The first-order valence-electron chi connectivity index (χ1n) is 9.58. The Kier molecular flexibility index (Phi) is 5.08. The second kappa shape index (κ2) is 7.55. The highest BCUT2D eigenvalue weighted by molar-refractivity contribution is 5.84. The maximum absolute atomic E-state index is 13.9. The summed E-state index contributed by atoms with van der Waals surface area (Å²) in [5.41, 5.74) is 6.31. The highest BCUT2D eigenvalue weighted by atomic mass is 19.2. The van der Waals surface area contributed by atoms with Crippen LogP contribution in [0, 0.1) is 23.0 Å². The highest BCUT2D eigenvalue weighted by Gasteiger charge is 2.32. The van der Waals surface area contributed by atoms with Crippen molar-refractivity contribution in [3.63, 3.8) is 0 Å². The van der Waals surface area contributed by atoms with Crippen LogP contribution >= 0.6 is 0 Å². The van der Waals surface area contributed by atoms with E-state index in [0.29, 0.717) is 25.5 Å². The van der Waals surface area contributed by atoms with Gasteiger partial charge < -0.3 is 20.1 Å². The Bertz CT molecular complexity index is 986. The fourth-order valence-corrected chi connectivity index (χ4v) is 4.07. The Labute approximate surface area is 165 Å². The maximum atomic E-state index is 13.9. The van der Waals surface area contributed by atoms with Crippen molar-refractivity contribution >= 4 is 22.9 Å². The largest absolute Gasteiger partial charge is 0.340 e. The number of amides is 1. The van der Waals surface area contributed by atoms with Crippen molar-refractivity contribution in [2.45, 2.75) is 44.1 Å². The smallest absolute Gasteiger partial charge is 0.243 e. The van der Waals surface area contributed by atoms with E-state index in [4.69, 9.17) is 5.73 Å². The van der Waals surface area contributed by atoms with E-state index in [1.807, 2.05) is 0 Å². The second-order valence-electron chi connectivity index (χ2n) is 7.54. The molecule has 2 fully saturated rings. The van der Waals surface area contributed by atoms with Crippen LogP contribution in [0.3, 0.4) is 0 Å². The number of benzene rings is 1. The quantitative estimate of drug-likeness (QED) is 0.838. The van der Waals surface area contributed by atoms with Crippen LogP contribution in [0.25, 0.3) is 11.0 Å². The van der Waals surface area contributed by atoms with Crippen molar-refractivity contribution in [3.05, 3.63) is 23.8 Å². The van der Waals surface area contributed by atoms with Crippen molar-refractivity contribution in [2.24, 2.45) is 5.73 Å². The van der Waals surface area contributed by atoms with Crippen molar-refractivity contribution in [1.29, 1.82) is 5.26 Å². The standard InChI is InChI=1S/C19H21F3N6O/c20-12-3-5-26(9-15(12)24)19-25-16-6-13(21)14(22)7-17(16)28(19)10-18(29)27-4-1-2-11(27)8-23/h6-7,11-12,15H,1-5,9-10,24H2/t11-,12-,15-/m1/s1. The number of carbonyl (C=O) groups is 1. The van der Waals surface area contributed by atoms with Crippen LogP contribution in [0.5, 0.6) is 0 Å². The van der Waals surface area contributed by atoms with E-state index in [2.05, 4.69) is 11.1 Å². The number of fused-ring (bicyclic) bond motifs is 1. The predicted molar refractivity (Wildman–Crippen MR) is 99.7 cm³/mol. The molecular formula is C19H21F3N6O. The van der Waals surface area contributed by atoms with Gasteiger partial charge in [-0.1, -0.05) is 0 Å². The first-order valence-corrected chi connectivity index (χ1v) is 9.58. The third kappa shape index (κ3) is 3.51. The SMILES string of the molecule is N#C[C@H]1CCCN1C(=O)Cn1c(N2CC[C@@H](F)[C@H](N)C2)nc2cc(F)c(F)cc21. The molecule has 7 nitrogen and oxygen atoms in total. The molecule has 0 spiro atoms. The van der Waals surface area contributed by atoms with E-state index in [1.54, 1.807) is 4.90 Å². The van der Waals surface area contributed by atoms with Gasteiger partial charge in [0.2, 0.25) is 11.9 Å². The predicted octanol–water partition coefficient (Wildman–Crippen LogP) is 1.70. The molecule has 1 amide bonds. The number of nitrogens with two attached hydrogens (primary N) is 1. The summed E-state index contributed by atoms with van der Waals surface area (Å²) >= 11 is 0. The molecule has 2 saturated heterocycles. The van der Waals surface area contributed by atoms with Gasteiger partial charge in [-0.3, -0.25) is 4.79 Å². The molecule has 0 radical (unpaired) electrons. The fraction of sp³-hybridized carbons (Fsp3) is 0.526. The number of carbonyl (C=O) groups excluding carboxylic acids is 1. The van der Waals surface area contributed by atoms with Gasteiger partial charge in [0.1, 0.15) is 18.8 Å².